The van der Waals surface area contributed by atoms with E-state index >= 15 is 0 Å². The summed E-state index contributed by atoms with van der Waals surface area (Å²) in [5, 5.41) is 14.0. The van der Waals surface area contributed by atoms with Crippen LogP contribution in [0.5, 0.6) is 0 Å². The molecule has 0 radical (unpaired) electrons. The van der Waals surface area contributed by atoms with Crippen LogP contribution in [0.25, 0.3) is 11.6 Å². The van der Waals surface area contributed by atoms with Gasteiger partial charge in [0.25, 0.3) is 0 Å². The Morgan fingerprint density at radius 1 is 1.28 bits per heavy atom. The molecular formula is C18H20F2N8O. The molecule has 29 heavy (non-hydrogen) atoms. The number of fused-ring (bicyclic) bond motifs is 1. The fourth-order valence-corrected chi connectivity index (χ4v) is 4.22. The molecule has 0 amide bonds. The minimum Gasteiger partial charge on any atom is -0.370 e. The lowest BCUT2D eigenvalue weighted by molar-refractivity contribution is -0.0534. The molecule has 152 valence electrons. The van der Waals surface area contributed by atoms with Gasteiger partial charge in [-0.2, -0.15) is 5.21 Å². The number of aromatic amines is 1. The third-order valence-corrected chi connectivity index (χ3v) is 5.73. The van der Waals surface area contributed by atoms with Crippen molar-refractivity contribution >= 4 is 0 Å². The molecule has 0 aliphatic carbocycles. The number of hydrogen-bond donors (Lipinski definition) is 2. The maximum absolute atomic E-state index is 14.1. The standard InChI is InChI=1S/C18H20F2N8O/c1-27-15-7-28(6-14(15)22-18(27)17-23-25-26-24-17)10-5-13(21)16(29-8-10)11-4-9(19)2-3-12(11)20/h2-4,10,13,16H,5-8,21H2,1H3,(H,23,24,25,26)/t10-,13+,16-/m1/s1. The van der Waals surface area contributed by atoms with Crippen LogP contribution in [0.1, 0.15) is 29.5 Å². The lowest BCUT2D eigenvalue weighted by Gasteiger charge is -2.38. The summed E-state index contributed by atoms with van der Waals surface area (Å²) in [5.74, 6) is 0.118. The van der Waals surface area contributed by atoms with Crippen molar-refractivity contribution in [3.8, 4) is 11.6 Å². The van der Waals surface area contributed by atoms with Crippen molar-refractivity contribution < 1.29 is 13.5 Å². The first-order valence-corrected chi connectivity index (χ1v) is 9.35. The summed E-state index contributed by atoms with van der Waals surface area (Å²) in [6.45, 7) is 1.73. The quantitative estimate of drug-likeness (QED) is 0.674. The molecule has 0 bridgehead atoms. The molecule has 9 nitrogen and oxygen atoms in total. The fraction of sp³-hybridized carbons (Fsp3) is 0.444. The van der Waals surface area contributed by atoms with Crippen molar-refractivity contribution in [2.75, 3.05) is 6.61 Å². The molecule has 11 heteroatoms. The highest BCUT2D eigenvalue weighted by atomic mass is 19.1. The fourth-order valence-electron chi connectivity index (χ4n) is 4.22. The predicted molar refractivity (Wildman–Crippen MR) is 97.1 cm³/mol. The second kappa shape index (κ2) is 6.94. The Labute approximate surface area is 164 Å². The summed E-state index contributed by atoms with van der Waals surface area (Å²) < 4.78 is 35.5. The third-order valence-electron chi connectivity index (χ3n) is 5.73. The lowest BCUT2D eigenvalue weighted by atomic mass is 9.93. The number of imidazole rings is 1. The second-order valence-electron chi connectivity index (χ2n) is 7.50. The second-order valence-corrected chi connectivity index (χ2v) is 7.50. The number of benzene rings is 1. The maximum Gasteiger partial charge on any atom is 0.240 e. The highest BCUT2D eigenvalue weighted by molar-refractivity contribution is 5.46. The van der Waals surface area contributed by atoms with Crippen LogP contribution < -0.4 is 5.73 Å². The molecule has 0 spiro atoms. The van der Waals surface area contributed by atoms with Gasteiger partial charge >= 0.3 is 0 Å². The van der Waals surface area contributed by atoms with Gasteiger partial charge in [0.05, 0.1) is 18.0 Å². The third kappa shape index (κ3) is 3.11. The van der Waals surface area contributed by atoms with Gasteiger partial charge in [0.1, 0.15) is 17.7 Å². The summed E-state index contributed by atoms with van der Waals surface area (Å²) >= 11 is 0. The molecule has 3 aromatic rings. The van der Waals surface area contributed by atoms with Crippen molar-refractivity contribution in [3.05, 3.63) is 46.8 Å². The van der Waals surface area contributed by atoms with Crippen molar-refractivity contribution in [2.45, 2.75) is 37.7 Å². The van der Waals surface area contributed by atoms with E-state index in [0.717, 1.165) is 29.6 Å². The van der Waals surface area contributed by atoms with Crippen molar-refractivity contribution in [3.63, 3.8) is 0 Å². The highest BCUT2D eigenvalue weighted by Gasteiger charge is 2.38. The average molecular weight is 402 g/mol. The van der Waals surface area contributed by atoms with Crippen LogP contribution in [0.4, 0.5) is 8.78 Å². The normalized spacial score (nSPS) is 24.8. The van der Waals surface area contributed by atoms with Crippen LogP contribution in [-0.4, -0.2) is 53.8 Å². The molecule has 0 unspecified atom stereocenters. The van der Waals surface area contributed by atoms with Crippen LogP contribution in [0, 0.1) is 11.6 Å². The number of aromatic nitrogens is 6. The Balaban J connectivity index is 1.29. The molecular weight excluding hydrogens is 382 g/mol. The number of nitrogens with one attached hydrogen (secondary N) is 1. The van der Waals surface area contributed by atoms with Crippen LogP contribution in [0.3, 0.4) is 0 Å². The Kier molecular flexibility index (Phi) is 4.37. The van der Waals surface area contributed by atoms with Crippen LogP contribution in [0.2, 0.25) is 0 Å². The zero-order valence-electron chi connectivity index (χ0n) is 15.7. The van der Waals surface area contributed by atoms with E-state index in [0.29, 0.717) is 37.8 Å². The summed E-state index contributed by atoms with van der Waals surface area (Å²) in [6.07, 6.45) is -0.0401. The van der Waals surface area contributed by atoms with Gasteiger partial charge in [0.2, 0.25) is 5.82 Å². The highest BCUT2D eigenvalue weighted by Crippen LogP contribution is 2.34. The summed E-state index contributed by atoms with van der Waals surface area (Å²) in [4.78, 5) is 6.90. The van der Waals surface area contributed by atoms with Gasteiger partial charge in [0, 0.05) is 37.8 Å². The molecule has 2 aromatic heterocycles. The number of rotatable bonds is 3. The Hall–Kier alpha value is -2.76. The zero-order chi connectivity index (χ0) is 20.1. The van der Waals surface area contributed by atoms with Crippen molar-refractivity contribution in [1.82, 2.24) is 35.1 Å². The molecule has 3 N–H and O–H groups in total. The monoisotopic (exact) mass is 402 g/mol. The van der Waals surface area contributed by atoms with E-state index in [2.05, 4.69) is 30.5 Å². The van der Waals surface area contributed by atoms with Gasteiger partial charge in [-0.3, -0.25) is 4.90 Å². The van der Waals surface area contributed by atoms with E-state index < -0.39 is 23.8 Å². The summed E-state index contributed by atoms with van der Waals surface area (Å²) in [6, 6.07) is 3.00. The maximum atomic E-state index is 14.1. The number of hydrogen-bond acceptors (Lipinski definition) is 7. The average Bonchev–Trinajstić information content (AvgIpc) is 3.42. The van der Waals surface area contributed by atoms with E-state index in [1.807, 2.05) is 11.6 Å². The molecule has 1 aromatic carbocycles. The number of nitrogens with two attached hydrogens (primary N) is 1. The molecule has 1 fully saturated rings. The molecule has 2 aliphatic heterocycles. The minimum atomic E-state index is -0.658. The van der Waals surface area contributed by atoms with E-state index in [9.17, 15) is 8.78 Å². The largest absolute Gasteiger partial charge is 0.370 e. The number of H-pyrrole nitrogens is 1. The van der Waals surface area contributed by atoms with Gasteiger partial charge < -0.3 is 15.0 Å². The Bertz CT molecular complexity index is 1040. The van der Waals surface area contributed by atoms with Crippen LogP contribution in [-0.2, 0) is 24.9 Å². The molecule has 2 aliphatic rings. The smallest absolute Gasteiger partial charge is 0.240 e. The van der Waals surface area contributed by atoms with Crippen molar-refractivity contribution in [2.24, 2.45) is 12.8 Å². The molecule has 4 heterocycles. The zero-order valence-corrected chi connectivity index (χ0v) is 15.7. The summed E-state index contributed by atoms with van der Waals surface area (Å²) in [7, 11) is 1.92. The molecule has 5 rings (SSSR count). The number of halogens is 2. The SMILES string of the molecule is Cn1c(-c2nn[nH]n2)nc2c1CN([C@H]1CO[C@H](c3cc(F)ccc3F)[C@@H](N)C1)C2. The van der Waals surface area contributed by atoms with E-state index in [1.54, 1.807) is 0 Å². The van der Waals surface area contributed by atoms with Gasteiger partial charge in [-0.05, 0) is 29.8 Å². The van der Waals surface area contributed by atoms with Gasteiger partial charge in [-0.1, -0.05) is 0 Å². The van der Waals surface area contributed by atoms with Gasteiger partial charge in [0.15, 0.2) is 5.82 Å². The van der Waals surface area contributed by atoms with Crippen LogP contribution in [0.15, 0.2) is 18.2 Å². The topological polar surface area (TPSA) is 111 Å². The number of tetrazole rings is 1. The first-order chi connectivity index (χ1) is 14.0. The summed E-state index contributed by atoms with van der Waals surface area (Å²) in [5.41, 5.74) is 8.51. The first kappa shape index (κ1) is 18.3. The van der Waals surface area contributed by atoms with Crippen molar-refractivity contribution in [1.29, 1.82) is 0 Å². The minimum absolute atomic E-state index is 0.0701. The Morgan fingerprint density at radius 3 is 2.86 bits per heavy atom. The van der Waals surface area contributed by atoms with Crippen LogP contribution >= 0.6 is 0 Å². The van der Waals surface area contributed by atoms with E-state index in [1.165, 1.54) is 0 Å². The number of nitrogens with zero attached hydrogens (tertiary/aromatic N) is 6. The van der Waals surface area contributed by atoms with Gasteiger partial charge in [-0.25, -0.2) is 13.8 Å². The lowest BCUT2D eigenvalue weighted by Crippen LogP contribution is -2.47. The first-order valence-electron chi connectivity index (χ1n) is 9.35. The Morgan fingerprint density at radius 2 is 2.14 bits per heavy atom. The molecule has 1 saturated heterocycles. The van der Waals surface area contributed by atoms with E-state index in [-0.39, 0.29) is 11.6 Å². The number of ether oxygens (including phenoxy) is 1. The molecule has 0 saturated carbocycles. The molecule has 3 atom stereocenters. The predicted octanol–water partition coefficient (Wildman–Crippen LogP) is 1.05. The van der Waals surface area contributed by atoms with E-state index in [4.69, 9.17) is 10.5 Å². The van der Waals surface area contributed by atoms with Gasteiger partial charge in [-0.15, -0.1) is 10.2 Å².